The minimum Gasteiger partial charge on any atom is -0.341 e. The van der Waals surface area contributed by atoms with Crippen LogP contribution in [-0.4, -0.2) is 45.2 Å². The summed E-state index contributed by atoms with van der Waals surface area (Å²) in [6.07, 6.45) is -1.23. The molecule has 1 aromatic heterocycles. The molecule has 3 amide bonds. The first-order valence-electron chi connectivity index (χ1n) is 10.0. The van der Waals surface area contributed by atoms with E-state index in [0.717, 1.165) is 21.7 Å². The second-order valence-electron chi connectivity index (χ2n) is 8.31. The normalized spacial score (nSPS) is 19.7. The van der Waals surface area contributed by atoms with Crippen molar-refractivity contribution in [2.75, 3.05) is 6.54 Å². The summed E-state index contributed by atoms with van der Waals surface area (Å²) in [5.74, 6) is -3.86. The van der Waals surface area contributed by atoms with Crippen molar-refractivity contribution in [3.05, 3.63) is 46.6 Å². The molecule has 1 aliphatic carbocycles. The van der Waals surface area contributed by atoms with Crippen LogP contribution in [0.3, 0.4) is 0 Å². The summed E-state index contributed by atoms with van der Waals surface area (Å²) in [5.41, 5.74) is 1.48. The smallest absolute Gasteiger partial charge is 0.325 e. The molecule has 1 saturated heterocycles. The lowest BCUT2D eigenvalue weighted by molar-refractivity contribution is -0.135. The fraction of sp³-hybridized carbons (Fsp3) is 0.409. The first-order valence-corrected chi connectivity index (χ1v) is 10.4. The molecule has 9 heteroatoms. The predicted molar refractivity (Wildman–Crippen MR) is 111 cm³/mol. The SMILES string of the molecule is Cc1cc(C(=O)CN2C(=O)NC3(CCC(F)(F)CC3)C2=O)n(C)c1-c1cccc(Cl)c1. The second-order valence-corrected chi connectivity index (χ2v) is 8.75. The van der Waals surface area contributed by atoms with Crippen molar-refractivity contribution in [2.45, 2.75) is 44.1 Å². The van der Waals surface area contributed by atoms with E-state index in [0.29, 0.717) is 10.7 Å². The van der Waals surface area contributed by atoms with Gasteiger partial charge in [-0.2, -0.15) is 0 Å². The summed E-state index contributed by atoms with van der Waals surface area (Å²) in [4.78, 5) is 39.2. The molecular formula is C22H22ClF2N3O3. The van der Waals surface area contributed by atoms with E-state index in [1.807, 2.05) is 19.1 Å². The van der Waals surface area contributed by atoms with Gasteiger partial charge in [0.05, 0.1) is 17.9 Å². The molecule has 1 saturated carbocycles. The lowest BCUT2D eigenvalue weighted by Crippen LogP contribution is -2.51. The Kier molecular flexibility index (Phi) is 5.16. The van der Waals surface area contributed by atoms with Crippen LogP contribution >= 0.6 is 11.6 Å². The molecule has 2 aromatic rings. The molecule has 0 radical (unpaired) electrons. The molecule has 1 aromatic carbocycles. The van der Waals surface area contributed by atoms with Crippen LogP contribution in [0.5, 0.6) is 0 Å². The van der Waals surface area contributed by atoms with Gasteiger partial charge in [-0.25, -0.2) is 13.6 Å². The molecule has 4 rings (SSSR count). The quantitative estimate of drug-likeness (QED) is 0.557. The predicted octanol–water partition coefficient (Wildman–Crippen LogP) is 4.34. The molecule has 2 fully saturated rings. The molecule has 0 bridgehead atoms. The average molecular weight is 450 g/mol. The summed E-state index contributed by atoms with van der Waals surface area (Å²) in [5, 5.41) is 3.12. The Hall–Kier alpha value is -2.74. The number of nitrogens with one attached hydrogen (secondary N) is 1. The molecule has 0 atom stereocenters. The molecule has 2 heterocycles. The summed E-state index contributed by atoms with van der Waals surface area (Å²) in [6.45, 7) is 1.41. The van der Waals surface area contributed by atoms with E-state index < -0.39 is 48.6 Å². The number of alkyl halides is 2. The van der Waals surface area contributed by atoms with E-state index in [-0.39, 0.29) is 12.8 Å². The number of rotatable bonds is 4. The van der Waals surface area contributed by atoms with E-state index >= 15 is 0 Å². The van der Waals surface area contributed by atoms with Gasteiger partial charge in [0.15, 0.2) is 5.78 Å². The van der Waals surface area contributed by atoms with Gasteiger partial charge in [0.1, 0.15) is 5.54 Å². The minimum absolute atomic E-state index is 0.141. The zero-order valence-corrected chi connectivity index (χ0v) is 17.9. The zero-order valence-electron chi connectivity index (χ0n) is 17.2. The van der Waals surface area contributed by atoms with E-state index in [1.54, 1.807) is 29.8 Å². The van der Waals surface area contributed by atoms with Crippen molar-refractivity contribution >= 4 is 29.3 Å². The average Bonchev–Trinajstić information content (AvgIpc) is 3.12. The van der Waals surface area contributed by atoms with Crippen molar-refractivity contribution in [3.63, 3.8) is 0 Å². The highest BCUT2D eigenvalue weighted by molar-refractivity contribution is 6.30. The van der Waals surface area contributed by atoms with Crippen molar-refractivity contribution in [2.24, 2.45) is 7.05 Å². The summed E-state index contributed by atoms with van der Waals surface area (Å²) < 4.78 is 28.8. The van der Waals surface area contributed by atoms with Crippen LogP contribution in [-0.2, 0) is 11.8 Å². The molecule has 1 N–H and O–H groups in total. The number of halogens is 3. The van der Waals surface area contributed by atoms with Crippen LogP contribution in [0.1, 0.15) is 41.7 Å². The summed E-state index contributed by atoms with van der Waals surface area (Å²) in [6, 6.07) is 8.22. The van der Waals surface area contributed by atoms with Crippen LogP contribution in [0.4, 0.5) is 13.6 Å². The Balaban J connectivity index is 1.56. The molecule has 1 aliphatic heterocycles. The number of imide groups is 1. The zero-order chi connectivity index (χ0) is 22.6. The number of Topliss-reactive ketones (excluding diaryl/α,β-unsaturated/α-hetero) is 1. The first kappa shape index (κ1) is 21.5. The number of urea groups is 1. The van der Waals surface area contributed by atoms with Gasteiger partial charge in [-0.05, 0) is 49.1 Å². The molecule has 31 heavy (non-hydrogen) atoms. The van der Waals surface area contributed by atoms with Gasteiger partial charge in [0, 0.05) is 24.9 Å². The fourth-order valence-corrected chi connectivity index (χ4v) is 4.70. The van der Waals surface area contributed by atoms with Gasteiger partial charge in [0.25, 0.3) is 5.91 Å². The highest BCUT2D eigenvalue weighted by Crippen LogP contribution is 2.41. The molecular weight excluding hydrogens is 428 g/mol. The van der Waals surface area contributed by atoms with Crippen LogP contribution in [0.2, 0.25) is 5.02 Å². The van der Waals surface area contributed by atoms with Crippen LogP contribution < -0.4 is 5.32 Å². The van der Waals surface area contributed by atoms with Crippen LogP contribution in [0.15, 0.2) is 30.3 Å². The number of carbonyl (C=O) groups excluding carboxylic acids is 3. The Morgan fingerprint density at radius 3 is 2.48 bits per heavy atom. The topological polar surface area (TPSA) is 71.4 Å². The van der Waals surface area contributed by atoms with Crippen molar-refractivity contribution in [1.29, 1.82) is 0 Å². The lowest BCUT2D eigenvalue weighted by atomic mass is 9.80. The summed E-state index contributed by atoms with van der Waals surface area (Å²) >= 11 is 6.09. The highest BCUT2D eigenvalue weighted by atomic mass is 35.5. The molecule has 164 valence electrons. The van der Waals surface area contributed by atoms with Gasteiger partial charge in [-0.3, -0.25) is 14.5 Å². The Labute approximate surface area is 183 Å². The molecule has 1 spiro atoms. The van der Waals surface area contributed by atoms with Gasteiger partial charge >= 0.3 is 6.03 Å². The van der Waals surface area contributed by atoms with Crippen molar-refractivity contribution in [3.8, 4) is 11.3 Å². The Morgan fingerprint density at radius 2 is 1.84 bits per heavy atom. The maximum atomic E-state index is 13.5. The lowest BCUT2D eigenvalue weighted by Gasteiger charge is -2.34. The third-order valence-electron chi connectivity index (χ3n) is 6.19. The van der Waals surface area contributed by atoms with Gasteiger partial charge in [-0.15, -0.1) is 0 Å². The van der Waals surface area contributed by atoms with E-state index in [2.05, 4.69) is 5.32 Å². The van der Waals surface area contributed by atoms with E-state index in [9.17, 15) is 23.2 Å². The monoisotopic (exact) mass is 449 g/mol. The van der Waals surface area contributed by atoms with Crippen LogP contribution in [0, 0.1) is 6.92 Å². The number of aryl methyl sites for hydroxylation is 1. The summed E-state index contributed by atoms with van der Waals surface area (Å²) in [7, 11) is 1.73. The minimum atomic E-state index is -2.84. The largest absolute Gasteiger partial charge is 0.341 e. The first-order chi connectivity index (χ1) is 14.5. The molecule has 0 unspecified atom stereocenters. The van der Waals surface area contributed by atoms with Gasteiger partial charge < -0.3 is 9.88 Å². The van der Waals surface area contributed by atoms with Gasteiger partial charge in [0.2, 0.25) is 5.92 Å². The highest BCUT2D eigenvalue weighted by Gasteiger charge is 2.55. The third-order valence-corrected chi connectivity index (χ3v) is 6.43. The number of carbonyl (C=O) groups is 3. The van der Waals surface area contributed by atoms with E-state index in [4.69, 9.17) is 11.6 Å². The van der Waals surface area contributed by atoms with Gasteiger partial charge in [-0.1, -0.05) is 23.7 Å². The number of aromatic nitrogens is 1. The standard InChI is InChI=1S/C22H22ClF2N3O3/c1-13-10-16(27(2)18(13)14-4-3-5-15(23)11-14)17(29)12-28-19(30)21(26-20(28)31)6-8-22(24,25)9-7-21/h3-5,10-11H,6-9,12H2,1-2H3,(H,26,31). The van der Waals surface area contributed by atoms with E-state index in [1.165, 1.54) is 0 Å². The fourth-order valence-electron chi connectivity index (χ4n) is 4.51. The number of ketones is 1. The number of amides is 3. The van der Waals surface area contributed by atoms with Crippen molar-refractivity contribution < 1.29 is 23.2 Å². The number of nitrogens with zero attached hydrogens (tertiary/aromatic N) is 2. The van der Waals surface area contributed by atoms with Crippen molar-refractivity contribution in [1.82, 2.24) is 14.8 Å². The van der Waals surface area contributed by atoms with Crippen LogP contribution in [0.25, 0.3) is 11.3 Å². The number of hydrogen-bond donors (Lipinski definition) is 1. The number of hydrogen-bond acceptors (Lipinski definition) is 3. The third kappa shape index (κ3) is 3.73. The maximum Gasteiger partial charge on any atom is 0.325 e. The Bertz CT molecular complexity index is 1090. The second kappa shape index (κ2) is 7.44. The number of benzene rings is 1. The molecule has 2 aliphatic rings. The maximum absolute atomic E-state index is 13.5. The Morgan fingerprint density at radius 1 is 1.16 bits per heavy atom. The molecule has 6 nitrogen and oxygen atoms in total.